The first-order valence-electron chi connectivity index (χ1n) is 4.91. The lowest BCUT2D eigenvalue weighted by molar-refractivity contribution is 0.0829. The van der Waals surface area contributed by atoms with Crippen LogP contribution < -0.4 is 0 Å². The molecule has 2 aliphatic rings. The molecule has 0 spiro atoms. The average molecular weight is 208 g/mol. The van der Waals surface area contributed by atoms with Crippen molar-refractivity contribution >= 4 is 17.1 Å². The minimum Gasteiger partial charge on any atom is -0.380 e. The Balaban J connectivity index is 1.94. The third-order valence-corrected chi connectivity index (χ3v) is 4.31. The lowest BCUT2D eigenvalue weighted by atomic mass is 9.95. The Morgan fingerprint density at radius 3 is 3.07 bits per heavy atom. The second-order valence-electron chi connectivity index (χ2n) is 4.29. The number of aryl methyl sites for hydroxylation is 1. The molecule has 2 nitrogen and oxygen atoms in total. The molecule has 0 N–H and O–H groups in total. The van der Waals surface area contributed by atoms with Crippen LogP contribution in [0.4, 0.5) is 0 Å². The van der Waals surface area contributed by atoms with Crippen molar-refractivity contribution in [1.29, 1.82) is 0 Å². The van der Waals surface area contributed by atoms with Gasteiger partial charge in [-0.25, -0.2) is 0 Å². The summed E-state index contributed by atoms with van der Waals surface area (Å²) in [5.74, 6) is 0.827. The average Bonchev–Trinajstić information content (AvgIpc) is 2.59. The molecule has 0 aromatic carbocycles. The number of fused-ring (bicyclic) bond motifs is 1. The van der Waals surface area contributed by atoms with Gasteiger partial charge in [0.2, 0.25) is 0 Å². The second kappa shape index (κ2) is 2.67. The van der Waals surface area contributed by atoms with Crippen LogP contribution in [0, 0.1) is 18.3 Å². The van der Waals surface area contributed by atoms with E-state index in [4.69, 9.17) is 4.74 Å². The van der Waals surface area contributed by atoms with E-state index in [0.29, 0.717) is 18.3 Å². The highest BCUT2D eigenvalue weighted by molar-refractivity contribution is 7.10. The van der Waals surface area contributed by atoms with Gasteiger partial charge in [-0.05, 0) is 30.7 Å². The maximum Gasteiger partial charge on any atom is 0.172 e. The number of ketones is 1. The smallest absolute Gasteiger partial charge is 0.172 e. The number of thiophene rings is 1. The summed E-state index contributed by atoms with van der Waals surface area (Å²) in [5, 5.41) is 1.99. The topological polar surface area (TPSA) is 26.3 Å². The summed E-state index contributed by atoms with van der Waals surface area (Å²) >= 11 is 1.65. The molecule has 1 saturated heterocycles. The molecule has 14 heavy (non-hydrogen) atoms. The molecule has 1 aromatic rings. The Morgan fingerprint density at radius 2 is 2.57 bits per heavy atom. The summed E-state index contributed by atoms with van der Waals surface area (Å²) in [5.41, 5.74) is 0.800. The molecule has 1 aliphatic heterocycles. The van der Waals surface area contributed by atoms with Crippen molar-refractivity contribution in [2.24, 2.45) is 11.3 Å². The summed E-state index contributed by atoms with van der Waals surface area (Å²) in [4.78, 5) is 13.4. The summed E-state index contributed by atoms with van der Waals surface area (Å²) in [6.45, 7) is 3.45. The van der Waals surface area contributed by atoms with Crippen LogP contribution in [0.15, 0.2) is 11.4 Å². The number of hydrogen-bond donors (Lipinski definition) is 0. The van der Waals surface area contributed by atoms with E-state index in [-0.39, 0.29) is 5.41 Å². The number of carbonyl (C=O) groups is 1. The van der Waals surface area contributed by atoms with Gasteiger partial charge in [-0.1, -0.05) is 0 Å². The fourth-order valence-corrected chi connectivity index (χ4v) is 3.09. The summed E-state index contributed by atoms with van der Waals surface area (Å²) in [6.07, 6.45) is 1.04. The SMILES string of the molecule is Cc1sccc1C(=O)C12COCC1C2. The van der Waals surface area contributed by atoms with E-state index in [0.717, 1.165) is 23.5 Å². The maximum absolute atomic E-state index is 12.2. The van der Waals surface area contributed by atoms with Crippen LogP contribution in [0.2, 0.25) is 0 Å². The third kappa shape index (κ3) is 0.969. The predicted octanol–water partition coefficient (Wildman–Crippen LogP) is 2.28. The minimum atomic E-state index is -0.119. The standard InChI is InChI=1S/C11H12O2S/c1-7-9(2-3-14-7)10(12)11-4-8(11)5-13-6-11/h2-3,8H,4-6H2,1H3. The Labute approximate surface area is 86.9 Å². The van der Waals surface area contributed by atoms with Gasteiger partial charge in [0.25, 0.3) is 0 Å². The van der Waals surface area contributed by atoms with Crippen LogP contribution in [-0.4, -0.2) is 19.0 Å². The van der Waals surface area contributed by atoms with Crippen LogP contribution in [0.25, 0.3) is 0 Å². The molecule has 2 fully saturated rings. The molecular weight excluding hydrogens is 196 g/mol. The van der Waals surface area contributed by atoms with E-state index in [9.17, 15) is 4.79 Å². The van der Waals surface area contributed by atoms with Crippen LogP contribution in [0.3, 0.4) is 0 Å². The highest BCUT2D eigenvalue weighted by atomic mass is 32.1. The van der Waals surface area contributed by atoms with E-state index < -0.39 is 0 Å². The largest absolute Gasteiger partial charge is 0.380 e. The van der Waals surface area contributed by atoms with Gasteiger partial charge in [0.05, 0.1) is 18.6 Å². The van der Waals surface area contributed by atoms with Crippen molar-refractivity contribution < 1.29 is 9.53 Å². The van der Waals surface area contributed by atoms with Gasteiger partial charge in [-0.15, -0.1) is 11.3 Å². The van der Waals surface area contributed by atoms with E-state index >= 15 is 0 Å². The first-order valence-corrected chi connectivity index (χ1v) is 5.79. The molecule has 1 aromatic heterocycles. The molecule has 3 heteroatoms. The van der Waals surface area contributed by atoms with Gasteiger partial charge in [0.1, 0.15) is 0 Å². The first-order chi connectivity index (χ1) is 6.74. The van der Waals surface area contributed by atoms with Gasteiger partial charge >= 0.3 is 0 Å². The third-order valence-electron chi connectivity index (χ3n) is 3.47. The highest BCUT2D eigenvalue weighted by Crippen LogP contribution is 2.58. The monoisotopic (exact) mass is 208 g/mol. The molecule has 2 atom stereocenters. The molecule has 3 rings (SSSR count). The quantitative estimate of drug-likeness (QED) is 0.697. The van der Waals surface area contributed by atoms with Gasteiger partial charge in [0.15, 0.2) is 5.78 Å². The minimum absolute atomic E-state index is 0.119. The van der Waals surface area contributed by atoms with Crippen LogP contribution >= 0.6 is 11.3 Å². The van der Waals surface area contributed by atoms with E-state index in [1.807, 2.05) is 18.4 Å². The number of hydrogen-bond acceptors (Lipinski definition) is 3. The van der Waals surface area contributed by atoms with Crippen molar-refractivity contribution in [2.75, 3.05) is 13.2 Å². The maximum atomic E-state index is 12.2. The van der Waals surface area contributed by atoms with E-state index in [1.165, 1.54) is 0 Å². The summed E-state index contributed by atoms with van der Waals surface area (Å²) in [7, 11) is 0. The fourth-order valence-electron chi connectivity index (χ4n) is 2.39. The second-order valence-corrected chi connectivity index (χ2v) is 5.41. The number of Topliss-reactive ketones (excluding diaryl/α,β-unsaturated/α-hetero) is 1. The zero-order valence-electron chi connectivity index (χ0n) is 8.08. The van der Waals surface area contributed by atoms with Gasteiger partial charge in [-0.2, -0.15) is 0 Å². The van der Waals surface area contributed by atoms with Crippen molar-refractivity contribution in [3.05, 3.63) is 21.9 Å². The fraction of sp³-hybridized carbons (Fsp3) is 0.545. The molecule has 2 heterocycles. The summed E-state index contributed by atoms with van der Waals surface area (Å²) in [6, 6.07) is 1.95. The Bertz CT molecular complexity index is 396. The van der Waals surface area contributed by atoms with Crippen molar-refractivity contribution in [3.63, 3.8) is 0 Å². The first kappa shape index (κ1) is 8.62. The van der Waals surface area contributed by atoms with Crippen molar-refractivity contribution in [1.82, 2.24) is 0 Å². The van der Waals surface area contributed by atoms with Gasteiger partial charge in [-0.3, -0.25) is 4.79 Å². The van der Waals surface area contributed by atoms with Crippen LogP contribution in [0.1, 0.15) is 21.7 Å². The van der Waals surface area contributed by atoms with Gasteiger partial charge < -0.3 is 4.74 Å². The Hall–Kier alpha value is -0.670. The van der Waals surface area contributed by atoms with Crippen LogP contribution in [-0.2, 0) is 4.74 Å². The summed E-state index contributed by atoms with van der Waals surface area (Å²) < 4.78 is 5.35. The molecule has 0 amide bonds. The van der Waals surface area contributed by atoms with Crippen molar-refractivity contribution in [3.8, 4) is 0 Å². The Kier molecular flexibility index (Phi) is 1.65. The zero-order chi connectivity index (χ0) is 9.76. The molecule has 74 valence electrons. The van der Waals surface area contributed by atoms with Gasteiger partial charge in [0, 0.05) is 10.4 Å². The van der Waals surface area contributed by atoms with E-state index in [2.05, 4.69) is 0 Å². The highest BCUT2D eigenvalue weighted by Gasteiger charge is 2.63. The molecular formula is C11H12O2S. The number of rotatable bonds is 2. The van der Waals surface area contributed by atoms with Crippen LogP contribution in [0.5, 0.6) is 0 Å². The zero-order valence-corrected chi connectivity index (χ0v) is 8.89. The molecule has 0 radical (unpaired) electrons. The molecule has 1 saturated carbocycles. The Morgan fingerprint density at radius 1 is 1.71 bits per heavy atom. The molecule has 2 unspecified atom stereocenters. The predicted molar refractivity (Wildman–Crippen MR) is 54.7 cm³/mol. The lowest BCUT2D eigenvalue weighted by Crippen LogP contribution is -2.19. The molecule has 0 bridgehead atoms. The number of ether oxygens (including phenoxy) is 1. The normalized spacial score (nSPS) is 34.2. The molecule has 1 aliphatic carbocycles. The number of carbonyl (C=O) groups excluding carboxylic acids is 1. The van der Waals surface area contributed by atoms with Crippen molar-refractivity contribution in [2.45, 2.75) is 13.3 Å². The lowest BCUT2D eigenvalue weighted by Gasteiger charge is -2.08. The van der Waals surface area contributed by atoms with E-state index in [1.54, 1.807) is 11.3 Å².